The van der Waals surface area contributed by atoms with Gasteiger partial charge in [0.15, 0.2) is 0 Å². The molecular formula is C11H15N3O4S2. The number of sulfonamides is 1. The van der Waals surface area contributed by atoms with E-state index in [0.717, 1.165) is 16.2 Å². The van der Waals surface area contributed by atoms with Crippen molar-refractivity contribution in [2.75, 3.05) is 19.6 Å². The number of carbonyl (C=O) groups excluding carboxylic acids is 2. The van der Waals surface area contributed by atoms with Crippen molar-refractivity contribution < 1.29 is 18.0 Å². The molecule has 0 saturated carbocycles. The molecule has 2 N–H and O–H groups in total. The number of carbonyl (C=O) groups is 2. The summed E-state index contributed by atoms with van der Waals surface area (Å²) >= 11 is 1.21. The quantitative estimate of drug-likeness (QED) is 0.730. The van der Waals surface area contributed by atoms with Gasteiger partial charge in [-0.25, -0.2) is 17.9 Å². The van der Waals surface area contributed by atoms with Crippen LogP contribution in [0.1, 0.15) is 11.8 Å². The number of hydrogen-bond acceptors (Lipinski definition) is 5. The molecule has 0 aliphatic carbocycles. The molecule has 0 atom stereocenters. The molecule has 0 unspecified atom stereocenters. The average Bonchev–Trinajstić information content (AvgIpc) is 3.00. The van der Waals surface area contributed by atoms with E-state index < -0.39 is 16.1 Å². The predicted molar refractivity (Wildman–Crippen MR) is 74.0 cm³/mol. The first kappa shape index (κ1) is 14.9. The van der Waals surface area contributed by atoms with Gasteiger partial charge in [-0.1, -0.05) is 6.92 Å². The summed E-state index contributed by atoms with van der Waals surface area (Å²) in [4.78, 5) is 24.6. The number of nitrogens with one attached hydrogen (secondary N) is 2. The predicted octanol–water partition coefficient (Wildman–Crippen LogP) is 0.141. The van der Waals surface area contributed by atoms with Gasteiger partial charge in [0.1, 0.15) is 4.21 Å². The van der Waals surface area contributed by atoms with Crippen LogP contribution < -0.4 is 10.0 Å². The standard InChI is InChI=1S/C11H15N3O4S2/c1-2-8-3-4-10(19-8)20(17,18)13-5-6-14-9(15)7-12-11(14)16/h3-4,13H,2,5-7H2,1H3,(H,12,16). The first-order chi connectivity index (χ1) is 9.44. The van der Waals surface area contributed by atoms with E-state index in [-0.39, 0.29) is 29.8 Å². The minimum absolute atomic E-state index is 0.000845. The van der Waals surface area contributed by atoms with Crippen molar-refractivity contribution in [1.82, 2.24) is 14.9 Å². The van der Waals surface area contributed by atoms with E-state index in [9.17, 15) is 18.0 Å². The molecule has 0 spiro atoms. The normalized spacial score (nSPS) is 15.8. The largest absolute Gasteiger partial charge is 0.329 e. The lowest BCUT2D eigenvalue weighted by atomic mass is 10.4. The molecule has 1 fully saturated rings. The molecule has 9 heteroatoms. The Balaban J connectivity index is 1.93. The van der Waals surface area contributed by atoms with Crippen molar-refractivity contribution >= 4 is 33.3 Å². The Morgan fingerprint density at radius 3 is 2.70 bits per heavy atom. The smallest absolute Gasteiger partial charge is 0.324 e. The van der Waals surface area contributed by atoms with Gasteiger partial charge in [0.05, 0.1) is 6.54 Å². The Morgan fingerprint density at radius 1 is 1.40 bits per heavy atom. The van der Waals surface area contributed by atoms with Crippen LogP contribution in [-0.2, 0) is 21.2 Å². The summed E-state index contributed by atoms with van der Waals surface area (Å²) in [6.45, 7) is 1.94. The molecule has 1 aliphatic heterocycles. The monoisotopic (exact) mass is 317 g/mol. The molecule has 0 radical (unpaired) electrons. The molecule has 1 aromatic heterocycles. The summed E-state index contributed by atoms with van der Waals surface area (Å²) in [7, 11) is -3.58. The highest BCUT2D eigenvalue weighted by Crippen LogP contribution is 2.21. The number of imide groups is 1. The van der Waals surface area contributed by atoms with Gasteiger partial charge in [-0.15, -0.1) is 11.3 Å². The van der Waals surface area contributed by atoms with Crippen LogP contribution in [0.3, 0.4) is 0 Å². The highest BCUT2D eigenvalue weighted by atomic mass is 32.2. The van der Waals surface area contributed by atoms with Gasteiger partial charge in [-0.05, 0) is 18.6 Å². The zero-order valence-electron chi connectivity index (χ0n) is 10.9. The minimum atomic E-state index is -3.58. The zero-order chi connectivity index (χ0) is 14.8. The Bertz CT molecular complexity index is 607. The molecule has 1 aromatic rings. The van der Waals surface area contributed by atoms with E-state index >= 15 is 0 Å². The van der Waals surface area contributed by atoms with Crippen LogP contribution in [0, 0.1) is 0 Å². The van der Waals surface area contributed by atoms with Gasteiger partial charge >= 0.3 is 6.03 Å². The molecule has 3 amide bonds. The number of nitrogens with zero attached hydrogens (tertiary/aromatic N) is 1. The number of aryl methyl sites for hydroxylation is 1. The van der Waals surface area contributed by atoms with Crippen molar-refractivity contribution in [2.45, 2.75) is 17.6 Å². The molecule has 110 valence electrons. The van der Waals surface area contributed by atoms with Crippen molar-refractivity contribution in [3.63, 3.8) is 0 Å². The number of thiophene rings is 1. The highest BCUT2D eigenvalue weighted by molar-refractivity contribution is 7.91. The Hall–Kier alpha value is -1.45. The molecule has 0 bridgehead atoms. The molecule has 0 aromatic carbocycles. The highest BCUT2D eigenvalue weighted by Gasteiger charge is 2.28. The molecule has 1 saturated heterocycles. The van der Waals surface area contributed by atoms with Crippen LogP contribution in [0.5, 0.6) is 0 Å². The summed E-state index contributed by atoms with van der Waals surface area (Å²) in [5.74, 6) is -0.349. The van der Waals surface area contributed by atoms with Gasteiger partial charge in [-0.2, -0.15) is 0 Å². The van der Waals surface area contributed by atoms with Gasteiger partial charge in [0.2, 0.25) is 15.9 Å². The van der Waals surface area contributed by atoms with Crippen molar-refractivity contribution in [1.29, 1.82) is 0 Å². The Labute approximate surface area is 121 Å². The number of rotatable bonds is 6. The summed E-state index contributed by atoms with van der Waals surface area (Å²) in [6.07, 6.45) is 0.780. The second-order valence-corrected chi connectivity index (χ2v) is 7.34. The van der Waals surface area contributed by atoms with Crippen molar-refractivity contribution in [2.24, 2.45) is 0 Å². The Morgan fingerprint density at radius 2 is 2.15 bits per heavy atom. The summed E-state index contributed by atoms with van der Waals surface area (Å²) in [6, 6.07) is 2.84. The van der Waals surface area contributed by atoms with Gasteiger partial charge in [0, 0.05) is 18.0 Å². The summed E-state index contributed by atoms with van der Waals surface area (Å²) in [5.41, 5.74) is 0. The molecular weight excluding hydrogens is 302 g/mol. The summed E-state index contributed by atoms with van der Waals surface area (Å²) in [5, 5.41) is 2.37. The van der Waals surface area contributed by atoms with Gasteiger partial charge in [0.25, 0.3) is 0 Å². The number of hydrogen-bond donors (Lipinski definition) is 2. The van der Waals surface area contributed by atoms with Gasteiger partial charge in [-0.3, -0.25) is 9.69 Å². The third-order valence-electron chi connectivity index (χ3n) is 2.81. The number of urea groups is 1. The second-order valence-electron chi connectivity index (χ2n) is 4.18. The Kier molecular flexibility index (Phi) is 4.41. The van der Waals surface area contributed by atoms with Crippen LogP contribution >= 0.6 is 11.3 Å². The topological polar surface area (TPSA) is 95.6 Å². The molecule has 2 rings (SSSR count). The molecule has 1 aliphatic rings. The van der Waals surface area contributed by atoms with Gasteiger partial charge < -0.3 is 5.32 Å². The molecule has 2 heterocycles. The van der Waals surface area contributed by atoms with Crippen LogP contribution in [0.2, 0.25) is 0 Å². The fraction of sp³-hybridized carbons (Fsp3) is 0.455. The zero-order valence-corrected chi connectivity index (χ0v) is 12.5. The maximum atomic E-state index is 12.0. The van der Waals surface area contributed by atoms with Crippen LogP contribution in [0.25, 0.3) is 0 Å². The third kappa shape index (κ3) is 3.17. The first-order valence-electron chi connectivity index (χ1n) is 6.10. The van der Waals surface area contributed by atoms with Crippen molar-refractivity contribution in [3.8, 4) is 0 Å². The maximum Gasteiger partial charge on any atom is 0.324 e. The molecule has 20 heavy (non-hydrogen) atoms. The van der Waals surface area contributed by atoms with E-state index in [4.69, 9.17) is 0 Å². The second kappa shape index (κ2) is 5.90. The number of amides is 3. The fourth-order valence-corrected chi connectivity index (χ4v) is 4.10. The van der Waals surface area contributed by atoms with E-state index in [1.54, 1.807) is 12.1 Å². The molecule has 7 nitrogen and oxygen atoms in total. The van der Waals surface area contributed by atoms with Crippen molar-refractivity contribution in [3.05, 3.63) is 17.0 Å². The van der Waals surface area contributed by atoms with E-state index in [1.165, 1.54) is 11.3 Å². The lowest BCUT2D eigenvalue weighted by Gasteiger charge is -2.12. The minimum Gasteiger partial charge on any atom is -0.329 e. The average molecular weight is 317 g/mol. The maximum absolute atomic E-state index is 12.0. The fourth-order valence-electron chi connectivity index (χ4n) is 1.74. The first-order valence-corrected chi connectivity index (χ1v) is 8.40. The van der Waals surface area contributed by atoms with Crippen LogP contribution in [-0.4, -0.2) is 44.9 Å². The third-order valence-corrected chi connectivity index (χ3v) is 6.00. The summed E-state index contributed by atoms with van der Waals surface area (Å²) < 4.78 is 26.6. The lowest BCUT2D eigenvalue weighted by molar-refractivity contribution is -0.124. The van der Waals surface area contributed by atoms with E-state index in [0.29, 0.717) is 0 Å². The van der Waals surface area contributed by atoms with Crippen LogP contribution in [0.15, 0.2) is 16.3 Å². The van der Waals surface area contributed by atoms with E-state index in [2.05, 4.69) is 10.0 Å². The van der Waals surface area contributed by atoms with Crippen LogP contribution in [0.4, 0.5) is 4.79 Å². The SMILES string of the molecule is CCc1ccc(S(=O)(=O)NCCN2C(=O)CNC2=O)s1. The lowest BCUT2D eigenvalue weighted by Crippen LogP contribution is -2.38. The van der Waals surface area contributed by atoms with E-state index in [1.807, 2.05) is 6.92 Å².